The van der Waals surface area contributed by atoms with Gasteiger partial charge in [0.25, 0.3) is 6.43 Å². The molecule has 2 nitrogen and oxygen atoms in total. The summed E-state index contributed by atoms with van der Waals surface area (Å²) in [4.78, 5) is 3.53. The molecule has 1 aromatic heterocycles. The summed E-state index contributed by atoms with van der Waals surface area (Å²) in [5, 5.41) is 9.49. The first-order chi connectivity index (χ1) is 5.91. The van der Waals surface area contributed by atoms with Crippen molar-refractivity contribution >= 4 is 0 Å². The van der Waals surface area contributed by atoms with Crippen molar-refractivity contribution in [1.29, 1.82) is 0 Å². The molecule has 0 aliphatic rings. The Morgan fingerprint density at radius 2 is 2.00 bits per heavy atom. The highest BCUT2D eigenvalue weighted by Crippen LogP contribution is 2.21. The Morgan fingerprint density at radius 3 is 2.31 bits per heavy atom. The van der Waals surface area contributed by atoms with E-state index < -0.39 is 12.0 Å². The molecular formula is C9H11F2NO. The normalized spacial score (nSPS) is 12.2. The van der Waals surface area contributed by atoms with Crippen LogP contribution in [-0.4, -0.2) is 10.1 Å². The average molecular weight is 187 g/mol. The topological polar surface area (TPSA) is 33.1 Å². The first-order valence-corrected chi connectivity index (χ1v) is 3.88. The van der Waals surface area contributed by atoms with E-state index in [0.29, 0.717) is 5.56 Å². The summed E-state index contributed by atoms with van der Waals surface area (Å²) in [5.74, 6) is 0. The summed E-state index contributed by atoms with van der Waals surface area (Å²) in [5.41, 5.74) is -0.780. The third-order valence-electron chi connectivity index (χ3n) is 1.72. The van der Waals surface area contributed by atoms with Crippen molar-refractivity contribution in [3.63, 3.8) is 0 Å². The predicted molar refractivity (Wildman–Crippen MR) is 44.4 cm³/mol. The summed E-state index contributed by atoms with van der Waals surface area (Å²) in [6, 6.07) is 2.67. The quantitative estimate of drug-likeness (QED) is 0.770. The molecule has 0 aliphatic carbocycles. The lowest BCUT2D eigenvalue weighted by Crippen LogP contribution is -2.15. The van der Waals surface area contributed by atoms with Gasteiger partial charge in [0, 0.05) is 11.8 Å². The summed E-state index contributed by atoms with van der Waals surface area (Å²) in [6.07, 6.45) is -1.29. The lowest BCUT2D eigenvalue weighted by atomic mass is 10.0. The number of aromatic nitrogens is 1. The van der Waals surface area contributed by atoms with E-state index in [0.717, 1.165) is 0 Å². The third-order valence-corrected chi connectivity index (χ3v) is 1.72. The minimum absolute atomic E-state index is 0.270. The number of hydrogen-bond donors (Lipinski definition) is 1. The van der Waals surface area contributed by atoms with Gasteiger partial charge >= 0.3 is 0 Å². The second-order valence-electron chi connectivity index (χ2n) is 3.33. The molecule has 0 saturated heterocycles. The third kappa shape index (κ3) is 2.45. The summed E-state index contributed by atoms with van der Waals surface area (Å²) < 4.78 is 24.1. The average Bonchev–Trinajstić information content (AvgIpc) is 2.03. The van der Waals surface area contributed by atoms with Gasteiger partial charge in [-0.1, -0.05) is 6.07 Å². The molecule has 0 spiro atoms. The van der Waals surface area contributed by atoms with Crippen molar-refractivity contribution < 1.29 is 13.9 Å². The molecule has 0 amide bonds. The molecule has 1 N–H and O–H groups in total. The van der Waals surface area contributed by atoms with Gasteiger partial charge in [0.2, 0.25) is 0 Å². The van der Waals surface area contributed by atoms with Gasteiger partial charge in [-0.15, -0.1) is 0 Å². The zero-order valence-electron chi connectivity index (χ0n) is 7.46. The monoisotopic (exact) mass is 187 g/mol. The molecule has 0 aliphatic heterocycles. The van der Waals surface area contributed by atoms with Crippen LogP contribution in [0.25, 0.3) is 0 Å². The first-order valence-electron chi connectivity index (χ1n) is 3.88. The van der Waals surface area contributed by atoms with Crippen LogP contribution in [0.5, 0.6) is 0 Å². The zero-order valence-corrected chi connectivity index (χ0v) is 7.46. The molecule has 0 aromatic carbocycles. The van der Waals surface area contributed by atoms with Crippen LogP contribution >= 0.6 is 0 Å². The Hall–Kier alpha value is -1.03. The van der Waals surface area contributed by atoms with E-state index in [-0.39, 0.29) is 5.69 Å². The highest BCUT2D eigenvalue weighted by Gasteiger charge is 2.17. The van der Waals surface area contributed by atoms with Crippen LogP contribution in [0.1, 0.15) is 31.5 Å². The van der Waals surface area contributed by atoms with E-state index in [1.165, 1.54) is 18.3 Å². The minimum atomic E-state index is -2.56. The molecule has 1 aromatic rings. The van der Waals surface area contributed by atoms with E-state index in [1.54, 1.807) is 13.8 Å². The predicted octanol–water partition coefficient (Wildman–Crippen LogP) is 2.25. The van der Waals surface area contributed by atoms with Crippen LogP contribution in [0.2, 0.25) is 0 Å². The summed E-state index contributed by atoms with van der Waals surface area (Å²) in [7, 11) is 0. The van der Waals surface area contributed by atoms with Crippen molar-refractivity contribution in [2.45, 2.75) is 25.9 Å². The fraction of sp³-hybridized carbons (Fsp3) is 0.444. The minimum Gasteiger partial charge on any atom is -0.386 e. The summed E-state index contributed by atoms with van der Waals surface area (Å²) >= 11 is 0. The number of rotatable bonds is 2. The molecule has 72 valence electrons. The van der Waals surface area contributed by atoms with Crippen molar-refractivity contribution in [3.8, 4) is 0 Å². The number of alkyl halides is 2. The van der Waals surface area contributed by atoms with Crippen LogP contribution in [0, 0.1) is 0 Å². The Balaban J connectivity index is 2.94. The Morgan fingerprint density at radius 1 is 1.38 bits per heavy atom. The largest absolute Gasteiger partial charge is 0.386 e. The second-order valence-corrected chi connectivity index (χ2v) is 3.33. The van der Waals surface area contributed by atoms with Crippen LogP contribution in [-0.2, 0) is 5.60 Å². The highest BCUT2D eigenvalue weighted by atomic mass is 19.3. The van der Waals surface area contributed by atoms with Gasteiger partial charge in [-0.05, 0) is 19.9 Å². The van der Waals surface area contributed by atoms with Crippen molar-refractivity contribution in [3.05, 3.63) is 29.6 Å². The van der Waals surface area contributed by atoms with Gasteiger partial charge in [0.15, 0.2) is 0 Å². The number of nitrogens with zero attached hydrogens (tertiary/aromatic N) is 1. The number of aliphatic hydroxyl groups is 1. The number of halogens is 2. The molecule has 0 bridgehead atoms. The Labute approximate surface area is 75.2 Å². The van der Waals surface area contributed by atoms with Gasteiger partial charge in [-0.2, -0.15) is 0 Å². The molecule has 0 saturated carbocycles. The van der Waals surface area contributed by atoms with E-state index >= 15 is 0 Å². The standard InChI is InChI=1S/C9H11F2NO/c1-9(2,13)6-3-4-7(8(10)11)12-5-6/h3-5,8,13H,1-2H3. The lowest BCUT2D eigenvalue weighted by molar-refractivity contribution is 0.0778. The van der Waals surface area contributed by atoms with Crippen LogP contribution in [0.4, 0.5) is 8.78 Å². The maximum absolute atomic E-state index is 12.1. The molecule has 0 atom stereocenters. The van der Waals surface area contributed by atoms with Crippen LogP contribution in [0.3, 0.4) is 0 Å². The van der Waals surface area contributed by atoms with Crippen molar-refractivity contribution in [2.75, 3.05) is 0 Å². The Kier molecular flexibility index (Phi) is 2.61. The molecule has 4 heteroatoms. The van der Waals surface area contributed by atoms with E-state index in [9.17, 15) is 13.9 Å². The second kappa shape index (κ2) is 3.38. The van der Waals surface area contributed by atoms with Gasteiger partial charge in [-0.25, -0.2) is 8.78 Å². The zero-order chi connectivity index (χ0) is 10.1. The SMILES string of the molecule is CC(C)(O)c1ccc(C(F)F)nc1. The molecule has 0 unspecified atom stereocenters. The lowest BCUT2D eigenvalue weighted by Gasteiger charge is -2.17. The van der Waals surface area contributed by atoms with Gasteiger partial charge in [-0.3, -0.25) is 4.98 Å². The molecule has 1 rings (SSSR count). The Bertz CT molecular complexity index is 277. The van der Waals surface area contributed by atoms with Crippen molar-refractivity contribution in [2.24, 2.45) is 0 Å². The first kappa shape index (κ1) is 10.1. The van der Waals surface area contributed by atoms with Crippen LogP contribution < -0.4 is 0 Å². The van der Waals surface area contributed by atoms with E-state index in [4.69, 9.17) is 0 Å². The maximum atomic E-state index is 12.1. The summed E-state index contributed by atoms with van der Waals surface area (Å²) in [6.45, 7) is 3.15. The molecule has 1 heterocycles. The number of pyridine rings is 1. The van der Waals surface area contributed by atoms with Gasteiger partial charge in [0.1, 0.15) is 5.69 Å². The van der Waals surface area contributed by atoms with Gasteiger partial charge < -0.3 is 5.11 Å². The van der Waals surface area contributed by atoms with Gasteiger partial charge in [0.05, 0.1) is 5.60 Å². The van der Waals surface area contributed by atoms with E-state index in [2.05, 4.69) is 4.98 Å². The highest BCUT2D eigenvalue weighted by molar-refractivity contribution is 5.19. The smallest absolute Gasteiger partial charge is 0.280 e. The molecule has 0 fully saturated rings. The van der Waals surface area contributed by atoms with E-state index in [1.807, 2.05) is 0 Å². The maximum Gasteiger partial charge on any atom is 0.280 e. The number of hydrogen-bond acceptors (Lipinski definition) is 2. The van der Waals surface area contributed by atoms with Crippen LogP contribution in [0.15, 0.2) is 18.3 Å². The van der Waals surface area contributed by atoms with Crippen molar-refractivity contribution in [1.82, 2.24) is 4.98 Å². The molecule has 13 heavy (non-hydrogen) atoms. The molecular weight excluding hydrogens is 176 g/mol. The molecule has 0 radical (unpaired) electrons. The fourth-order valence-electron chi connectivity index (χ4n) is 0.896. The fourth-order valence-corrected chi connectivity index (χ4v) is 0.896.